The quantitative estimate of drug-likeness (QED) is 0.213. The predicted molar refractivity (Wildman–Crippen MR) is 137 cm³/mol. The van der Waals surface area contributed by atoms with Crippen LogP contribution in [0.3, 0.4) is 0 Å². The van der Waals surface area contributed by atoms with Crippen LogP contribution in [0.5, 0.6) is 0 Å². The third-order valence-electron chi connectivity index (χ3n) is 6.20. The summed E-state index contributed by atoms with van der Waals surface area (Å²) in [4.78, 5) is 45.5. The Labute approximate surface area is 204 Å². The van der Waals surface area contributed by atoms with E-state index in [-0.39, 0.29) is 35.2 Å². The molecule has 2 atom stereocenters. The van der Waals surface area contributed by atoms with Gasteiger partial charge in [0.1, 0.15) is 0 Å². The molecule has 1 fully saturated rings. The van der Waals surface area contributed by atoms with Crippen molar-refractivity contribution in [2.45, 2.75) is 85.5 Å². The summed E-state index contributed by atoms with van der Waals surface area (Å²) in [6.45, 7) is 8.91. The number of ketones is 2. The highest BCUT2D eigenvalue weighted by atomic mass is 16.2. The molecule has 7 heteroatoms. The summed E-state index contributed by atoms with van der Waals surface area (Å²) in [6.07, 6.45) is 9.09. The SMILES string of the molecule is CC1CCC(=O)NC1=O.CCC(C)C(=O)c1cc(NCCCCCCCCN)ccc1C(C)=O. The van der Waals surface area contributed by atoms with Crippen LogP contribution in [0.4, 0.5) is 5.69 Å². The first-order valence-corrected chi connectivity index (χ1v) is 12.7. The number of hydrogen-bond donors (Lipinski definition) is 3. The Kier molecular flexibility index (Phi) is 14.0. The van der Waals surface area contributed by atoms with Gasteiger partial charge in [-0.2, -0.15) is 0 Å². The van der Waals surface area contributed by atoms with Gasteiger partial charge < -0.3 is 11.1 Å². The van der Waals surface area contributed by atoms with Crippen molar-refractivity contribution in [2.75, 3.05) is 18.4 Å². The number of amides is 2. The molecular formula is C27H43N3O4. The molecule has 34 heavy (non-hydrogen) atoms. The number of benzene rings is 1. The Hall–Kier alpha value is -2.54. The highest BCUT2D eigenvalue weighted by molar-refractivity contribution is 6.09. The number of imide groups is 1. The van der Waals surface area contributed by atoms with Gasteiger partial charge in [-0.05, 0) is 57.4 Å². The van der Waals surface area contributed by atoms with E-state index >= 15 is 0 Å². The maximum atomic E-state index is 12.6. The zero-order chi connectivity index (χ0) is 25.5. The summed E-state index contributed by atoms with van der Waals surface area (Å²) in [5, 5.41) is 5.63. The molecule has 1 aliphatic heterocycles. The van der Waals surface area contributed by atoms with E-state index in [1.165, 1.54) is 32.6 Å². The molecule has 0 saturated carbocycles. The first-order valence-electron chi connectivity index (χ1n) is 12.7. The molecule has 0 spiro atoms. The number of carbonyl (C=O) groups excluding carboxylic acids is 4. The van der Waals surface area contributed by atoms with Crippen molar-refractivity contribution in [3.05, 3.63) is 29.3 Å². The van der Waals surface area contributed by atoms with Gasteiger partial charge in [-0.25, -0.2) is 0 Å². The monoisotopic (exact) mass is 473 g/mol. The molecule has 7 nitrogen and oxygen atoms in total. The fraction of sp³-hybridized carbons (Fsp3) is 0.630. The molecule has 0 radical (unpaired) electrons. The molecule has 1 aromatic rings. The van der Waals surface area contributed by atoms with Crippen molar-refractivity contribution >= 4 is 29.1 Å². The van der Waals surface area contributed by atoms with Crippen molar-refractivity contribution in [3.8, 4) is 0 Å². The molecule has 1 aliphatic rings. The Morgan fingerprint density at radius 3 is 2.29 bits per heavy atom. The van der Waals surface area contributed by atoms with E-state index in [4.69, 9.17) is 5.73 Å². The molecule has 2 rings (SSSR count). The van der Waals surface area contributed by atoms with Crippen molar-refractivity contribution in [1.82, 2.24) is 5.32 Å². The van der Waals surface area contributed by atoms with Crippen molar-refractivity contribution in [2.24, 2.45) is 17.6 Å². The van der Waals surface area contributed by atoms with Crippen LogP contribution in [0.1, 0.15) is 106 Å². The molecule has 0 aliphatic carbocycles. The zero-order valence-electron chi connectivity index (χ0n) is 21.4. The molecular weight excluding hydrogens is 430 g/mol. The second-order valence-electron chi connectivity index (χ2n) is 9.18. The smallest absolute Gasteiger partial charge is 0.229 e. The zero-order valence-corrected chi connectivity index (χ0v) is 21.4. The van der Waals surface area contributed by atoms with Crippen molar-refractivity contribution in [1.29, 1.82) is 0 Å². The number of nitrogens with two attached hydrogens (primary N) is 1. The Morgan fingerprint density at radius 2 is 1.74 bits per heavy atom. The molecule has 1 saturated heterocycles. The molecule has 190 valence electrons. The number of nitrogens with one attached hydrogen (secondary N) is 2. The van der Waals surface area contributed by atoms with Gasteiger partial charge in [0.15, 0.2) is 11.6 Å². The van der Waals surface area contributed by atoms with E-state index in [2.05, 4.69) is 10.6 Å². The summed E-state index contributed by atoms with van der Waals surface area (Å²) >= 11 is 0. The van der Waals surface area contributed by atoms with Crippen molar-refractivity contribution < 1.29 is 19.2 Å². The lowest BCUT2D eigenvalue weighted by Crippen LogP contribution is -2.39. The number of rotatable bonds is 13. The van der Waals surface area contributed by atoms with Gasteiger partial charge >= 0.3 is 0 Å². The molecule has 4 N–H and O–H groups in total. The molecule has 1 aromatic carbocycles. The van der Waals surface area contributed by atoms with Gasteiger partial charge in [0.05, 0.1) is 0 Å². The second-order valence-corrected chi connectivity index (χ2v) is 9.18. The maximum absolute atomic E-state index is 12.6. The minimum atomic E-state index is -0.141. The Balaban J connectivity index is 0.000000533. The number of Topliss-reactive ketones (excluding diaryl/α,β-unsaturated/α-hetero) is 2. The number of hydrogen-bond acceptors (Lipinski definition) is 6. The summed E-state index contributed by atoms with van der Waals surface area (Å²) < 4.78 is 0. The average Bonchev–Trinajstić information content (AvgIpc) is 2.82. The van der Waals surface area contributed by atoms with Crippen LogP contribution in [0.15, 0.2) is 18.2 Å². The summed E-state index contributed by atoms with van der Waals surface area (Å²) in [6, 6.07) is 5.50. The standard InChI is InChI=1S/C21H34N2O2.C6H9NO2/c1-4-16(2)21(25)20-15-18(11-12-19(20)17(3)24)23-14-10-8-6-5-7-9-13-22;1-4-2-3-5(8)7-6(4)9/h11-12,15-16,23H,4-10,13-14,22H2,1-3H3;4H,2-3H2,1H3,(H,7,8,9). The maximum Gasteiger partial charge on any atom is 0.229 e. The van der Waals surface area contributed by atoms with Crippen LogP contribution in [0, 0.1) is 11.8 Å². The first kappa shape index (κ1) is 29.5. The van der Waals surface area contributed by atoms with E-state index in [9.17, 15) is 19.2 Å². The normalized spacial score (nSPS) is 16.2. The van der Waals surface area contributed by atoms with Gasteiger partial charge in [-0.1, -0.05) is 46.5 Å². The molecule has 2 amide bonds. The fourth-order valence-corrected chi connectivity index (χ4v) is 3.63. The first-order chi connectivity index (χ1) is 16.2. The van der Waals surface area contributed by atoms with Crippen LogP contribution < -0.4 is 16.4 Å². The minimum Gasteiger partial charge on any atom is -0.385 e. The molecule has 2 unspecified atom stereocenters. The average molecular weight is 474 g/mol. The van der Waals surface area contributed by atoms with Crippen LogP contribution >= 0.6 is 0 Å². The van der Waals surface area contributed by atoms with Gasteiger partial charge in [-0.3, -0.25) is 24.5 Å². The Bertz CT molecular complexity index is 822. The lowest BCUT2D eigenvalue weighted by atomic mass is 9.92. The number of carbonyl (C=O) groups is 4. The van der Waals surface area contributed by atoms with E-state index in [1.807, 2.05) is 32.9 Å². The van der Waals surface area contributed by atoms with Gasteiger partial charge in [0.2, 0.25) is 11.8 Å². The third-order valence-corrected chi connectivity index (χ3v) is 6.20. The highest BCUT2D eigenvalue weighted by Gasteiger charge is 2.22. The van der Waals surface area contributed by atoms with Gasteiger partial charge in [-0.15, -0.1) is 0 Å². The van der Waals surface area contributed by atoms with Crippen LogP contribution in [-0.2, 0) is 9.59 Å². The third kappa shape index (κ3) is 10.6. The van der Waals surface area contributed by atoms with E-state index in [1.54, 1.807) is 6.07 Å². The largest absolute Gasteiger partial charge is 0.385 e. The topological polar surface area (TPSA) is 118 Å². The van der Waals surface area contributed by atoms with E-state index in [0.29, 0.717) is 24.0 Å². The summed E-state index contributed by atoms with van der Waals surface area (Å²) in [5.41, 5.74) is 7.48. The lowest BCUT2D eigenvalue weighted by molar-refractivity contribution is -0.135. The summed E-state index contributed by atoms with van der Waals surface area (Å²) in [5.74, 6) is -0.333. The number of anilines is 1. The van der Waals surface area contributed by atoms with Crippen LogP contribution in [0.25, 0.3) is 0 Å². The van der Waals surface area contributed by atoms with Gasteiger partial charge in [0.25, 0.3) is 0 Å². The molecule has 0 bridgehead atoms. The molecule has 1 heterocycles. The second kappa shape index (κ2) is 16.1. The van der Waals surface area contributed by atoms with Crippen LogP contribution in [-0.4, -0.2) is 36.5 Å². The van der Waals surface area contributed by atoms with E-state index in [0.717, 1.165) is 38.0 Å². The predicted octanol–water partition coefficient (Wildman–Crippen LogP) is 4.89. The number of piperidine rings is 1. The summed E-state index contributed by atoms with van der Waals surface area (Å²) in [7, 11) is 0. The van der Waals surface area contributed by atoms with Gasteiger partial charge in [0, 0.05) is 41.6 Å². The van der Waals surface area contributed by atoms with Crippen molar-refractivity contribution in [3.63, 3.8) is 0 Å². The Morgan fingerprint density at radius 1 is 1.09 bits per heavy atom. The van der Waals surface area contributed by atoms with Crippen LogP contribution in [0.2, 0.25) is 0 Å². The lowest BCUT2D eigenvalue weighted by Gasteiger charge is -2.15. The minimum absolute atomic E-state index is 0.0164. The van der Waals surface area contributed by atoms with E-state index < -0.39 is 0 Å². The molecule has 0 aromatic heterocycles. The fourth-order valence-electron chi connectivity index (χ4n) is 3.63. The number of unbranched alkanes of at least 4 members (excludes halogenated alkanes) is 5. The highest BCUT2D eigenvalue weighted by Crippen LogP contribution is 2.21.